The van der Waals surface area contributed by atoms with Crippen molar-refractivity contribution in [1.82, 2.24) is 9.88 Å². The number of carbonyl (C=O) groups is 1. The van der Waals surface area contributed by atoms with Crippen molar-refractivity contribution in [2.45, 2.75) is 39.1 Å². The number of pyridine rings is 1. The van der Waals surface area contributed by atoms with Crippen LogP contribution in [0.3, 0.4) is 0 Å². The Labute approximate surface area is 161 Å². The van der Waals surface area contributed by atoms with Gasteiger partial charge in [-0.25, -0.2) is 4.98 Å². The molecule has 28 heavy (non-hydrogen) atoms. The quantitative estimate of drug-likeness (QED) is 0.838. The average molecular weight is 393 g/mol. The fourth-order valence-corrected chi connectivity index (χ4v) is 3.32. The molecule has 0 radical (unpaired) electrons. The monoisotopic (exact) mass is 393 g/mol. The number of carbonyl (C=O) groups excluding carboxylic acids is 1. The van der Waals surface area contributed by atoms with Gasteiger partial charge in [0.25, 0.3) is 0 Å². The van der Waals surface area contributed by atoms with Crippen LogP contribution in [0.25, 0.3) is 0 Å². The maximum atomic E-state index is 12.5. The molecule has 150 valence electrons. The molecular formula is C20H22F3N3O2. The van der Waals surface area contributed by atoms with Crippen LogP contribution in [-0.4, -0.2) is 41.3 Å². The number of ether oxygens (including phenoxy) is 1. The van der Waals surface area contributed by atoms with Gasteiger partial charge in [-0.3, -0.25) is 4.79 Å². The van der Waals surface area contributed by atoms with Gasteiger partial charge in [0.15, 0.2) is 0 Å². The minimum absolute atomic E-state index is 0.0535. The number of hydrogen-bond donors (Lipinski definition) is 1. The Hall–Kier alpha value is -2.77. The van der Waals surface area contributed by atoms with Gasteiger partial charge in [-0.2, -0.15) is 0 Å². The van der Waals surface area contributed by atoms with E-state index in [9.17, 15) is 18.0 Å². The molecule has 1 unspecified atom stereocenters. The number of nitrogens with one attached hydrogen (secondary N) is 1. The number of anilines is 1. The van der Waals surface area contributed by atoms with E-state index in [0.717, 1.165) is 23.5 Å². The summed E-state index contributed by atoms with van der Waals surface area (Å²) in [6.45, 7) is 5.16. The molecule has 1 N–H and O–H groups in total. The Balaban J connectivity index is 1.53. The number of likely N-dealkylation sites (tertiary alicyclic amines) is 1. The molecule has 0 aliphatic carbocycles. The van der Waals surface area contributed by atoms with Gasteiger partial charge in [-0.1, -0.05) is 12.1 Å². The van der Waals surface area contributed by atoms with Gasteiger partial charge in [0.1, 0.15) is 11.6 Å². The molecule has 1 fully saturated rings. The zero-order valence-electron chi connectivity index (χ0n) is 15.7. The smallest absolute Gasteiger partial charge is 0.406 e. The van der Waals surface area contributed by atoms with Crippen LogP contribution < -0.4 is 10.1 Å². The molecule has 1 amide bonds. The van der Waals surface area contributed by atoms with Crippen molar-refractivity contribution in [2.24, 2.45) is 0 Å². The molecule has 5 nitrogen and oxygen atoms in total. The second-order valence-corrected chi connectivity index (χ2v) is 7.01. The number of rotatable bonds is 5. The van der Waals surface area contributed by atoms with E-state index in [1.807, 2.05) is 26.0 Å². The molecule has 0 bridgehead atoms. The standard InChI is InChI=1S/C20H22F3N3O2/c1-13-9-14(2)24-18(10-13)25-16-7-8-26(12-16)19(27)11-15-3-5-17(6-4-15)28-20(21,22)23/h3-6,9-10,16H,7-8,11-12H2,1-2H3,(H,24,25). The van der Waals surface area contributed by atoms with E-state index in [1.54, 1.807) is 4.90 Å². The summed E-state index contributed by atoms with van der Waals surface area (Å²) in [6.07, 6.45) is -3.76. The lowest BCUT2D eigenvalue weighted by atomic mass is 10.1. The molecule has 1 aliphatic heterocycles. The van der Waals surface area contributed by atoms with Gasteiger partial charge in [-0.15, -0.1) is 13.2 Å². The van der Waals surface area contributed by atoms with Gasteiger partial charge in [0, 0.05) is 24.8 Å². The first-order valence-corrected chi connectivity index (χ1v) is 9.02. The second-order valence-electron chi connectivity index (χ2n) is 7.01. The minimum atomic E-state index is -4.72. The number of aromatic nitrogens is 1. The molecule has 0 saturated carbocycles. The summed E-state index contributed by atoms with van der Waals surface area (Å²) in [4.78, 5) is 18.7. The van der Waals surface area contributed by atoms with E-state index in [1.165, 1.54) is 24.3 Å². The zero-order chi connectivity index (χ0) is 20.3. The fraction of sp³-hybridized carbons (Fsp3) is 0.400. The third kappa shape index (κ3) is 5.61. The van der Waals surface area contributed by atoms with Crippen LogP contribution in [0, 0.1) is 13.8 Å². The van der Waals surface area contributed by atoms with Crippen LogP contribution in [0.15, 0.2) is 36.4 Å². The summed E-state index contributed by atoms with van der Waals surface area (Å²) >= 11 is 0. The molecule has 2 heterocycles. The first-order chi connectivity index (χ1) is 13.2. The average Bonchev–Trinajstić information content (AvgIpc) is 3.03. The van der Waals surface area contributed by atoms with Crippen molar-refractivity contribution < 1.29 is 22.7 Å². The number of amides is 1. The highest BCUT2D eigenvalue weighted by molar-refractivity contribution is 5.79. The van der Waals surface area contributed by atoms with Crippen LogP contribution in [0.2, 0.25) is 0 Å². The van der Waals surface area contributed by atoms with Gasteiger partial charge in [0.2, 0.25) is 5.91 Å². The van der Waals surface area contributed by atoms with Crippen molar-refractivity contribution in [3.05, 3.63) is 53.2 Å². The lowest BCUT2D eigenvalue weighted by Gasteiger charge is -2.18. The van der Waals surface area contributed by atoms with E-state index in [0.29, 0.717) is 18.7 Å². The third-order valence-corrected chi connectivity index (χ3v) is 4.50. The molecule has 0 spiro atoms. The van der Waals surface area contributed by atoms with Crippen LogP contribution in [0.1, 0.15) is 23.2 Å². The molecule has 2 aromatic rings. The summed E-state index contributed by atoms with van der Waals surface area (Å²) < 4.78 is 40.4. The van der Waals surface area contributed by atoms with Gasteiger partial charge in [-0.05, 0) is 55.7 Å². The van der Waals surface area contributed by atoms with E-state index in [4.69, 9.17) is 0 Å². The number of nitrogens with zero attached hydrogens (tertiary/aromatic N) is 2. The normalized spacial score (nSPS) is 16.9. The van der Waals surface area contributed by atoms with E-state index >= 15 is 0 Å². The van der Waals surface area contributed by atoms with Gasteiger partial charge in [0.05, 0.1) is 6.42 Å². The van der Waals surface area contributed by atoms with Crippen molar-refractivity contribution in [3.8, 4) is 5.75 Å². The lowest BCUT2D eigenvalue weighted by Crippen LogP contribution is -2.32. The van der Waals surface area contributed by atoms with Crippen LogP contribution >= 0.6 is 0 Å². The van der Waals surface area contributed by atoms with E-state index in [2.05, 4.69) is 15.0 Å². The number of alkyl halides is 3. The van der Waals surface area contributed by atoms with Crippen molar-refractivity contribution >= 4 is 11.7 Å². The third-order valence-electron chi connectivity index (χ3n) is 4.50. The molecule has 1 aliphatic rings. The van der Waals surface area contributed by atoms with Crippen molar-refractivity contribution in [2.75, 3.05) is 18.4 Å². The fourth-order valence-electron chi connectivity index (χ4n) is 3.32. The summed E-state index contributed by atoms with van der Waals surface area (Å²) in [5.74, 6) is 0.453. The zero-order valence-corrected chi connectivity index (χ0v) is 15.7. The maximum absolute atomic E-state index is 12.5. The maximum Gasteiger partial charge on any atom is 0.573 e. The van der Waals surface area contributed by atoms with Crippen molar-refractivity contribution in [3.63, 3.8) is 0 Å². The molecule has 1 aromatic heterocycles. The first kappa shape index (κ1) is 20.0. The number of benzene rings is 1. The molecule has 8 heteroatoms. The van der Waals surface area contributed by atoms with E-state index < -0.39 is 6.36 Å². The highest BCUT2D eigenvalue weighted by Gasteiger charge is 2.31. The molecule has 1 atom stereocenters. The molecule has 3 rings (SSSR count). The van der Waals surface area contributed by atoms with Gasteiger partial charge < -0.3 is 15.0 Å². The molecular weight excluding hydrogens is 371 g/mol. The SMILES string of the molecule is Cc1cc(C)nc(NC2CCN(C(=O)Cc3ccc(OC(F)(F)F)cc3)C2)c1. The van der Waals surface area contributed by atoms with Crippen LogP contribution in [0.4, 0.5) is 19.0 Å². The number of halogens is 3. The molecule has 1 saturated heterocycles. The highest BCUT2D eigenvalue weighted by Crippen LogP contribution is 2.23. The lowest BCUT2D eigenvalue weighted by molar-refractivity contribution is -0.274. The number of hydrogen-bond acceptors (Lipinski definition) is 4. The first-order valence-electron chi connectivity index (χ1n) is 9.02. The Morgan fingerprint density at radius 1 is 1.25 bits per heavy atom. The Kier molecular flexibility index (Phi) is 5.76. The second kappa shape index (κ2) is 8.08. The highest BCUT2D eigenvalue weighted by atomic mass is 19.4. The predicted molar refractivity (Wildman–Crippen MR) is 99.1 cm³/mol. The van der Waals surface area contributed by atoms with Crippen molar-refractivity contribution in [1.29, 1.82) is 0 Å². The predicted octanol–water partition coefficient (Wildman–Crippen LogP) is 3.85. The number of aryl methyl sites for hydroxylation is 2. The summed E-state index contributed by atoms with van der Waals surface area (Å²) in [5, 5.41) is 3.37. The van der Waals surface area contributed by atoms with E-state index in [-0.39, 0.29) is 24.1 Å². The Morgan fingerprint density at radius 2 is 1.96 bits per heavy atom. The summed E-state index contributed by atoms with van der Waals surface area (Å²) in [5.41, 5.74) is 2.71. The summed E-state index contributed by atoms with van der Waals surface area (Å²) in [7, 11) is 0. The molecule has 1 aromatic carbocycles. The summed E-state index contributed by atoms with van der Waals surface area (Å²) in [6, 6.07) is 9.49. The minimum Gasteiger partial charge on any atom is -0.406 e. The Morgan fingerprint density at radius 3 is 2.61 bits per heavy atom. The van der Waals surface area contributed by atoms with Crippen LogP contribution in [-0.2, 0) is 11.2 Å². The Bertz CT molecular complexity index is 817. The van der Waals surface area contributed by atoms with Gasteiger partial charge >= 0.3 is 6.36 Å². The topological polar surface area (TPSA) is 54.5 Å². The largest absolute Gasteiger partial charge is 0.573 e. The van der Waals surface area contributed by atoms with Crippen LogP contribution in [0.5, 0.6) is 5.75 Å².